The Bertz CT molecular complexity index is 355. The third-order valence-corrected chi connectivity index (χ3v) is 4.12. The minimum atomic E-state index is 0.205. The summed E-state index contributed by atoms with van der Waals surface area (Å²) < 4.78 is 0. The lowest BCUT2D eigenvalue weighted by Gasteiger charge is -2.32. The minimum Gasteiger partial charge on any atom is -0.330 e. The Labute approximate surface area is 112 Å². The average molecular weight is 273 g/mol. The van der Waals surface area contributed by atoms with Gasteiger partial charge in [0.1, 0.15) is 0 Å². The maximum Gasteiger partial charge on any atom is 0.0456 e. The van der Waals surface area contributed by atoms with Crippen LogP contribution in [0, 0.1) is 0 Å². The van der Waals surface area contributed by atoms with Crippen LogP contribution < -0.4 is 11.1 Å². The summed E-state index contributed by atoms with van der Waals surface area (Å²) in [5.41, 5.74) is 6.91. The SMILES string of the molecule is NCC(c1c(Cl)cccc1Cl)C1CCCCN1. The highest BCUT2D eigenvalue weighted by Crippen LogP contribution is 2.34. The molecule has 1 aromatic carbocycles. The molecule has 0 aromatic heterocycles. The normalized spacial score (nSPS) is 22.4. The van der Waals surface area contributed by atoms with Gasteiger partial charge in [-0.05, 0) is 37.1 Å². The highest BCUT2D eigenvalue weighted by atomic mass is 35.5. The van der Waals surface area contributed by atoms with Gasteiger partial charge in [-0.3, -0.25) is 0 Å². The molecule has 0 spiro atoms. The van der Waals surface area contributed by atoms with Crippen LogP contribution in [-0.4, -0.2) is 19.1 Å². The maximum absolute atomic E-state index is 6.25. The molecule has 0 radical (unpaired) electrons. The van der Waals surface area contributed by atoms with Crippen LogP contribution in [0.4, 0.5) is 0 Å². The van der Waals surface area contributed by atoms with Crippen molar-refractivity contribution in [1.82, 2.24) is 5.32 Å². The van der Waals surface area contributed by atoms with E-state index in [0.29, 0.717) is 12.6 Å². The summed E-state index contributed by atoms with van der Waals surface area (Å²) in [4.78, 5) is 0. The fourth-order valence-electron chi connectivity index (χ4n) is 2.57. The molecule has 1 heterocycles. The summed E-state index contributed by atoms with van der Waals surface area (Å²) in [5.74, 6) is 0.205. The first kappa shape index (κ1) is 13.2. The predicted molar refractivity (Wildman–Crippen MR) is 73.9 cm³/mol. The first-order valence-corrected chi connectivity index (χ1v) is 6.87. The second-order valence-corrected chi connectivity index (χ2v) is 5.35. The van der Waals surface area contributed by atoms with Gasteiger partial charge in [-0.15, -0.1) is 0 Å². The van der Waals surface area contributed by atoms with Crippen molar-refractivity contribution < 1.29 is 0 Å². The molecule has 0 aliphatic carbocycles. The summed E-state index contributed by atoms with van der Waals surface area (Å²) in [5, 5.41) is 4.97. The van der Waals surface area contributed by atoms with Gasteiger partial charge < -0.3 is 11.1 Å². The van der Waals surface area contributed by atoms with E-state index in [2.05, 4.69) is 5.32 Å². The van der Waals surface area contributed by atoms with Gasteiger partial charge >= 0.3 is 0 Å². The van der Waals surface area contributed by atoms with E-state index in [1.54, 1.807) is 0 Å². The van der Waals surface area contributed by atoms with Crippen LogP contribution in [0.2, 0.25) is 10.0 Å². The molecule has 94 valence electrons. The molecular formula is C13H18Cl2N2. The Morgan fingerprint density at radius 1 is 1.29 bits per heavy atom. The van der Waals surface area contributed by atoms with Crippen LogP contribution in [0.5, 0.6) is 0 Å². The molecule has 17 heavy (non-hydrogen) atoms. The van der Waals surface area contributed by atoms with Gasteiger partial charge in [-0.2, -0.15) is 0 Å². The van der Waals surface area contributed by atoms with Crippen molar-refractivity contribution in [3.63, 3.8) is 0 Å². The first-order chi connectivity index (χ1) is 8.24. The lowest BCUT2D eigenvalue weighted by atomic mass is 9.86. The smallest absolute Gasteiger partial charge is 0.0456 e. The zero-order valence-electron chi connectivity index (χ0n) is 9.76. The number of rotatable bonds is 3. The molecule has 1 aliphatic heterocycles. The van der Waals surface area contributed by atoms with Gasteiger partial charge in [0.25, 0.3) is 0 Å². The standard InChI is InChI=1S/C13H18Cl2N2/c14-10-4-3-5-11(15)13(10)9(8-16)12-6-1-2-7-17-12/h3-5,9,12,17H,1-2,6-8,16H2. The van der Waals surface area contributed by atoms with E-state index in [1.165, 1.54) is 12.8 Å². The third kappa shape index (κ3) is 2.94. The molecule has 0 bridgehead atoms. The summed E-state index contributed by atoms with van der Waals surface area (Å²) in [6.07, 6.45) is 3.63. The van der Waals surface area contributed by atoms with E-state index < -0.39 is 0 Å². The van der Waals surface area contributed by atoms with Crippen LogP contribution in [0.25, 0.3) is 0 Å². The maximum atomic E-state index is 6.25. The van der Waals surface area contributed by atoms with E-state index in [-0.39, 0.29) is 5.92 Å². The molecule has 2 rings (SSSR count). The number of hydrogen-bond acceptors (Lipinski definition) is 2. The van der Waals surface area contributed by atoms with Gasteiger partial charge in [-0.25, -0.2) is 0 Å². The fourth-order valence-corrected chi connectivity index (χ4v) is 3.25. The van der Waals surface area contributed by atoms with E-state index >= 15 is 0 Å². The first-order valence-electron chi connectivity index (χ1n) is 6.11. The molecule has 1 aromatic rings. The fraction of sp³-hybridized carbons (Fsp3) is 0.538. The van der Waals surface area contributed by atoms with Crippen LogP contribution in [0.15, 0.2) is 18.2 Å². The van der Waals surface area contributed by atoms with Crippen molar-refractivity contribution >= 4 is 23.2 Å². The molecule has 0 amide bonds. The van der Waals surface area contributed by atoms with Crippen molar-refractivity contribution in [3.8, 4) is 0 Å². The number of piperidine rings is 1. The van der Waals surface area contributed by atoms with Crippen molar-refractivity contribution in [2.45, 2.75) is 31.2 Å². The van der Waals surface area contributed by atoms with Crippen LogP contribution in [-0.2, 0) is 0 Å². The Kier molecular flexibility index (Phi) is 4.69. The summed E-state index contributed by atoms with van der Waals surface area (Å²) in [6.45, 7) is 1.63. The van der Waals surface area contributed by atoms with Crippen molar-refractivity contribution in [1.29, 1.82) is 0 Å². The molecule has 3 N–H and O–H groups in total. The van der Waals surface area contributed by atoms with Crippen LogP contribution in [0.3, 0.4) is 0 Å². The second-order valence-electron chi connectivity index (χ2n) is 4.53. The topological polar surface area (TPSA) is 38.0 Å². The summed E-state index contributed by atoms with van der Waals surface area (Å²) in [6, 6.07) is 6.03. The highest BCUT2D eigenvalue weighted by molar-refractivity contribution is 6.36. The zero-order chi connectivity index (χ0) is 12.3. The average Bonchev–Trinajstić information content (AvgIpc) is 2.35. The summed E-state index contributed by atoms with van der Waals surface area (Å²) in [7, 11) is 0. The summed E-state index contributed by atoms with van der Waals surface area (Å²) >= 11 is 12.5. The molecule has 1 saturated heterocycles. The number of nitrogens with two attached hydrogens (primary N) is 1. The lowest BCUT2D eigenvalue weighted by molar-refractivity contribution is 0.352. The quantitative estimate of drug-likeness (QED) is 0.887. The lowest BCUT2D eigenvalue weighted by Crippen LogP contribution is -2.41. The van der Waals surface area contributed by atoms with Crippen molar-refractivity contribution in [2.75, 3.05) is 13.1 Å². The minimum absolute atomic E-state index is 0.205. The van der Waals surface area contributed by atoms with Gasteiger partial charge in [-0.1, -0.05) is 35.7 Å². The molecule has 1 aliphatic rings. The van der Waals surface area contributed by atoms with Crippen molar-refractivity contribution in [2.24, 2.45) is 5.73 Å². The number of nitrogens with one attached hydrogen (secondary N) is 1. The van der Waals surface area contributed by atoms with Crippen molar-refractivity contribution in [3.05, 3.63) is 33.8 Å². The van der Waals surface area contributed by atoms with E-state index in [9.17, 15) is 0 Å². The molecular weight excluding hydrogens is 255 g/mol. The van der Waals surface area contributed by atoms with E-state index in [4.69, 9.17) is 28.9 Å². The number of benzene rings is 1. The van der Waals surface area contributed by atoms with Gasteiger partial charge in [0.15, 0.2) is 0 Å². The number of halogens is 2. The molecule has 4 heteroatoms. The third-order valence-electron chi connectivity index (χ3n) is 3.46. The van der Waals surface area contributed by atoms with E-state index in [0.717, 1.165) is 28.6 Å². The molecule has 2 atom stereocenters. The highest BCUT2D eigenvalue weighted by Gasteiger charge is 2.26. The predicted octanol–water partition coefficient (Wildman–Crippen LogP) is 3.18. The molecule has 2 unspecified atom stereocenters. The second kappa shape index (κ2) is 6.05. The molecule has 0 saturated carbocycles. The zero-order valence-corrected chi connectivity index (χ0v) is 11.3. The van der Waals surface area contributed by atoms with Gasteiger partial charge in [0, 0.05) is 28.5 Å². The van der Waals surface area contributed by atoms with Gasteiger partial charge in [0.2, 0.25) is 0 Å². The molecule has 2 nitrogen and oxygen atoms in total. The van der Waals surface area contributed by atoms with Crippen LogP contribution >= 0.6 is 23.2 Å². The Morgan fingerprint density at radius 3 is 2.53 bits per heavy atom. The Balaban J connectivity index is 2.27. The van der Waals surface area contributed by atoms with Gasteiger partial charge in [0.05, 0.1) is 0 Å². The monoisotopic (exact) mass is 272 g/mol. The van der Waals surface area contributed by atoms with E-state index in [1.807, 2.05) is 18.2 Å². The largest absolute Gasteiger partial charge is 0.330 e. The Morgan fingerprint density at radius 2 is 2.00 bits per heavy atom. The number of hydrogen-bond donors (Lipinski definition) is 2. The molecule has 1 fully saturated rings. The Hall–Kier alpha value is -0.280. The van der Waals surface area contributed by atoms with Crippen LogP contribution in [0.1, 0.15) is 30.7 Å².